The Bertz CT molecular complexity index is 1010. The van der Waals surface area contributed by atoms with E-state index in [0.29, 0.717) is 18.0 Å². The van der Waals surface area contributed by atoms with Crippen molar-refractivity contribution in [3.63, 3.8) is 0 Å². The summed E-state index contributed by atoms with van der Waals surface area (Å²) in [4.78, 5) is 44.5. The molecule has 1 saturated carbocycles. The number of carbonyl (C=O) groups is 3. The van der Waals surface area contributed by atoms with E-state index < -0.39 is 5.54 Å². The molecule has 2 aromatic rings. The fourth-order valence-electron chi connectivity index (χ4n) is 4.60. The molecule has 4 rings (SSSR count). The van der Waals surface area contributed by atoms with Crippen LogP contribution in [0.3, 0.4) is 0 Å². The average Bonchev–Trinajstić information content (AvgIpc) is 3.24. The van der Waals surface area contributed by atoms with Gasteiger partial charge in [0.15, 0.2) is 5.13 Å². The molecule has 0 atom stereocenters. The first kappa shape index (κ1) is 22.5. The number of carbonyl (C=O) groups excluding carboxylic acids is 3. The third kappa shape index (κ3) is 4.55. The minimum absolute atomic E-state index is 0.0505. The number of anilines is 1. The molecule has 8 heteroatoms. The fraction of sp³-hybridized carbons (Fsp3) is 0.500. The van der Waals surface area contributed by atoms with Gasteiger partial charge in [0.25, 0.3) is 5.91 Å². The van der Waals surface area contributed by atoms with Crippen LogP contribution in [0.4, 0.5) is 9.93 Å². The Kier molecular flexibility index (Phi) is 6.60. The van der Waals surface area contributed by atoms with Gasteiger partial charge in [-0.05, 0) is 31.7 Å². The van der Waals surface area contributed by atoms with Crippen molar-refractivity contribution >= 4 is 34.3 Å². The highest BCUT2D eigenvalue weighted by atomic mass is 32.1. The van der Waals surface area contributed by atoms with E-state index in [-0.39, 0.29) is 30.8 Å². The molecule has 1 aliphatic carbocycles. The summed E-state index contributed by atoms with van der Waals surface area (Å²) < 4.78 is 0. The van der Waals surface area contributed by atoms with Gasteiger partial charge in [-0.2, -0.15) is 0 Å². The van der Waals surface area contributed by atoms with Crippen LogP contribution in [0.1, 0.15) is 62.3 Å². The maximum absolute atomic E-state index is 12.8. The molecule has 2 fully saturated rings. The van der Waals surface area contributed by atoms with E-state index in [0.717, 1.165) is 48.2 Å². The molecule has 0 unspecified atom stereocenters. The first-order valence-electron chi connectivity index (χ1n) is 11.4. The van der Waals surface area contributed by atoms with E-state index in [9.17, 15) is 14.4 Å². The van der Waals surface area contributed by atoms with Gasteiger partial charge in [-0.15, -0.1) is 11.3 Å². The zero-order valence-electron chi connectivity index (χ0n) is 18.7. The second kappa shape index (κ2) is 9.40. The number of thiazole rings is 1. The van der Waals surface area contributed by atoms with Gasteiger partial charge in [0.2, 0.25) is 5.91 Å². The van der Waals surface area contributed by atoms with E-state index in [2.05, 4.69) is 46.8 Å². The highest BCUT2D eigenvalue weighted by Gasteiger charge is 2.51. The van der Waals surface area contributed by atoms with Gasteiger partial charge in [0.1, 0.15) is 5.54 Å². The van der Waals surface area contributed by atoms with Crippen molar-refractivity contribution in [2.75, 3.05) is 11.9 Å². The van der Waals surface area contributed by atoms with Crippen LogP contribution in [-0.4, -0.2) is 39.8 Å². The van der Waals surface area contributed by atoms with Crippen molar-refractivity contribution in [1.82, 2.24) is 15.2 Å². The number of urea groups is 1. The third-order valence-electron chi connectivity index (χ3n) is 6.32. The molecule has 2 N–H and O–H groups in total. The van der Waals surface area contributed by atoms with Crippen LogP contribution in [0.5, 0.6) is 0 Å². The van der Waals surface area contributed by atoms with Gasteiger partial charge >= 0.3 is 6.03 Å². The smallest absolute Gasteiger partial charge is 0.323 e. The lowest BCUT2D eigenvalue weighted by Gasteiger charge is -2.30. The predicted octanol–water partition coefficient (Wildman–Crippen LogP) is 4.65. The molecule has 1 spiro atoms. The van der Waals surface area contributed by atoms with Crippen molar-refractivity contribution < 1.29 is 14.4 Å². The molecule has 1 aromatic heterocycles. The average molecular weight is 455 g/mol. The summed E-state index contributed by atoms with van der Waals surface area (Å²) in [5, 5.41) is 6.24. The normalized spacial score (nSPS) is 17.6. The molecule has 0 radical (unpaired) electrons. The van der Waals surface area contributed by atoms with Crippen molar-refractivity contribution in [2.45, 2.75) is 70.8 Å². The lowest BCUT2D eigenvalue weighted by atomic mass is 9.82. The van der Waals surface area contributed by atoms with Crippen molar-refractivity contribution in [3.05, 3.63) is 34.7 Å². The van der Waals surface area contributed by atoms with Gasteiger partial charge < -0.3 is 10.6 Å². The fourth-order valence-corrected chi connectivity index (χ4v) is 5.46. The maximum Gasteiger partial charge on any atom is 0.325 e. The van der Waals surface area contributed by atoms with Gasteiger partial charge in [0, 0.05) is 23.4 Å². The first-order valence-corrected chi connectivity index (χ1v) is 12.2. The lowest BCUT2D eigenvalue weighted by molar-refractivity contribution is -0.132. The second-order valence-corrected chi connectivity index (χ2v) is 9.90. The Balaban J connectivity index is 1.35. The van der Waals surface area contributed by atoms with Crippen LogP contribution >= 0.6 is 11.3 Å². The third-order valence-corrected chi connectivity index (χ3v) is 7.21. The minimum atomic E-state index is -0.750. The van der Waals surface area contributed by atoms with Crippen molar-refractivity contribution in [3.8, 4) is 11.3 Å². The van der Waals surface area contributed by atoms with Crippen LogP contribution in [0.2, 0.25) is 0 Å². The molecule has 0 bridgehead atoms. The van der Waals surface area contributed by atoms with E-state index >= 15 is 0 Å². The highest BCUT2D eigenvalue weighted by molar-refractivity contribution is 7.16. The number of imide groups is 1. The summed E-state index contributed by atoms with van der Waals surface area (Å²) in [6.07, 6.45) is 6.54. The van der Waals surface area contributed by atoms with E-state index in [1.165, 1.54) is 21.8 Å². The maximum atomic E-state index is 12.8. The molecule has 2 heterocycles. The zero-order chi connectivity index (χ0) is 22.7. The van der Waals surface area contributed by atoms with Crippen LogP contribution in [0.15, 0.2) is 24.3 Å². The molecule has 1 saturated heterocycles. The molecule has 170 valence electrons. The Morgan fingerprint density at radius 1 is 1.19 bits per heavy atom. The molecule has 2 aliphatic rings. The summed E-state index contributed by atoms with van der Waals surface area (Å²) >= 11 is 1.43. The molecule has 1 aromatic carbocycles. The van der Waals surface area contributed by atoms with Gasteiger partial charge in [-0.3, -0.25) is 14.5 Å². The highest BCUT2D eigenvalue weighted by Crippen LogP contribution is 2.34. The quantitative estimate of drug-likeness (QED) is 0.596. The van der Waals surface area contributed by atoms with Crippen molar-refractivity contribution in [1.29, 1.82) is 0 Å². The number of hydrogen-bond donors (Lipinski definition) is 2. The van der Waals surface area contributed by atoms with E-state index in [1.54, 1.807) is 0 Å². The molecule has 1 aliphatic heterocycles. The van der Waals surface area contributed by atoms with Gasteiger partial charge in [-0.25, -0.2) is 9.78 Å². The number of amides is 4. The zero-order valence-corrected chi connectivity index (χ0v) is 19.5. The summed E-state index contributed by atoms with van der Waals surface area (Å²) in [5.41, 5.74) is 2.44. The number of aryl methyl sites for hydroxylation is 2. The number of hydrogen-bond acceptors (Lipinski definition) is 5. The van der Waals surface area contributed by atoms with E-state index in [4.69, 9.17) is 0 Å². The summed E-state index contributed by atoms with van der Waals surface area (Å²) in [7, 11) is 0. The van der Waals surface area contributed by atoms with Crippen LogP contribution < -0.4 is 10.6 Å². The predicted molar refractivity (Wildman–Crippen MR) is 126 cm³/mol. The topological polar surface area (TPSA) is 91.4 Å². The Morgan fingerprint density at radius 3 is 2.59 bits per heavy atom. The molecule has 4 amide bonds. The number of nitrogens with one attached hydrogen (secondary N) is 2. The van der Waals surface area contributed by atoms with Gasteiger partial charge in [-0.1, -0.05) is 56.9 Å². The number of nitrogens with zero attached hydrogens (tertiary/aromatic N) is 2. The standard InChI is InChI=1S/C24H30N4O3S/c1-3-7-17-8-10-18(11-9-17)20-16(2)32-22(26-20)25-19(29)12-15-28-21(30)24(27-23(28)31)13-5-4-6-14-24/h8-11H,3-7,12-15H2,1-2H3,(H,27,31)(H,25,26,29). The second-order valence-electron chi connectivity index (χ2n) is 8.70. The largest absolute Gasteiger partial charge is 0.325 e. The number of benzene rings is 1. The summed E-state index contributed by atoms with van der Waals surface area (Å²) in [5.74, 6) is -0.442. The SMILES string of the molecule is CCCc1ccc(-c2nc(NC(=O)CCN3C(=O)NC4(CCCCC4)C3=O)sc2C)cc1. The van der Waals surface area contributed by atoms with Crippen LogP contribution in [-0.2, 0) is 16.0 Å². The summed E-state index contributed by atoms with van der Waals surface area (Å²) in [6.45, 7) is 4.22. The van der Waals surface area contributed by atoms with Crippen LogP contribution in [0.25, 0.3) is 11.3 Å². The monoisotopic (exact) mass is 454 g/mol. The molecular weight excluding hydrogens is 424 g/mol. The minimum Gasteiger partial charge on any atom is -0.323 e. The molecular formula is C24H30N4O3S. The van der Waals surface area contributed by atoms with Gasteiger partial charge in [0.05, 0.1) is 5.69 Å². The van der Waals surface area contributed by atoms with Crippen LogP contribution in [0, 0.1) is 6.92 Å². The van der Waals surface area contributed by atoms with Crippen molar-refractivity contribution in [2.24, 2.45) is 0 Å². The Hall–Kier alpha value is -2.74. The molecule has 7 nitrogen and oxygen atoms in total. The lowest BCUT2D eigenvalue weighted by Crippen LogP contribution is -2.48. The Morgan fingerprint density at radius 2 is 1.91 bits per heavy atom. The van der Waals surface area contributed by atoms with E-state index in [1.807, 2.05) is 6.92 Å². The Labute approximate surface area is 192 Å². The molecule has 32 heavy (non-hydrogen) atoms. The summed E-state index contributed by atoms with van der Waals surface area (Å²) in [6, 6.07) is 7.98. The first-order chi connectivity index (χ1) is 15.4. The number of aromatic nitrogens is 1. The number of rotatable bonds is 7.